The first kappa shape index (κ1) is 17.4. The number of nitrogens with one attached hydrogen (secondary N) is 1. The molecule has 2 aliphatic rings. The summed E-state index contributed by atoms with van der Waals surface area (Å²) in [5.41, 5.74) is 2.73. The molecule has 1 heterocycles. The van der Waals surface area contributed by atoms with E-state index in [1.165, 1.54) is 5.56 Å². The smallest absolute Gasteiger partial charge is 0.339 e. The van der Waals surface area contributed by atoms with E-state index in [1.54, 1.807) is 25.1 Å². The zero-order valence-electron chi connectivity index (χ0n) is 15.1. The molecule has 140 valence electrons. The maximum absolute atomic E-state index is 12.5. The summed E-state index contributed by atoms with van der Waals surface area (Å²) < 4.78 is 15.8. The van der Waals surface area contributed by atoms with E-state index in [-0.39, 0.29) is 18.7 Å². The lowest BCUT2D eigenvalue weighted by Crippen LogP contribution is -2.39. The molecule has 6 nitrogen and oxygen atoms in total. The lowest BCUT2D eigenvalue weighted by Gasteiger charge is -2.27. The Hall–Kier alpha value is -3.02. The average Bonchev–Trinajstić information content (AvgIpc) is 3.16. The van der Waals surface area contributed by atoms with Crippen LogP contribution in [0, 0.1) is 0 Å². The Bertz CT molecular complexity index is 879. The van der Waals surface area contributed by atoms with Gasteiger partial charge < -0.3 is 19.5 Å². The van der Waals surface area contributed by atoms with Crippen LogP contribution in [0.15, 0.2) is 42.5 Å². The van der Waals surface area contributed by atoms with Crippen molar-refractivity contribution in [3.05, 3.63) is 59.2 Å². The fourth-order valence-corrected chi connectivity index (χ4v) is 3.50. The van der Waals surface area contributed by atoms with E-state index in [4.69, 9.17) is 14.2 Å². The van der Waals surface area contributed by atoms with Gasteiger partial charge in [0.05, 0.1) is 11.6 Å². The summed E-state index contributed by atoms with van der Waals surface area (Å²) in [7, 11) is 0. The van der Waals surface area contributed by atoms with Gasteiger partial charge in [-0.1, -0.05) is 24.3 Å². The summed E-state index contributed by atoms with van der Waals surface area (Å²) in [6.45, 7) is 1.71. The van der Waals surface area contributed by atoms with Crippen molar-refractivity contribution >= 4 is 11.9 Å². The molecule has 0 unspecified atom stereocenters. The van der Waals surface area contributed by atoms with Gasteiger partial charge in [0.15, 0.2) is 17.6 Å². The molecule has 0 saturated carbocycles. The van der Waals surface area contributed by atoms with Crippen LogP contribution in [0.3, 0.4) is 0 Å². The number of esters is 1. The highest BCUT2D eigenvalue weighted by atomic mass is 16.7. The van der Waals surface area contributed by atoms with Gasteiger partial charge in [-0.05, 0) is 55.5 Å². The van der Waals surface area contributed by atoms with E-state index in [9.17, 15) is 9.59 Å². The van der Waals surface area contributed by atoms with Crippen molar-refractivity contribution in [2.24, 2.45) is 0 Å². The normalized spacial score (nSPS) is 18.3. The van der Waals surface area contributed by atoms with E-state index in [0.717, 1.165) is 24.8 Å². The van der Waals surface area contributed by atoms with Crippen LogP contribution in [0.5, 0.6) is 11.5 Å². The number of ether oxygens (including phenoxy) is 3. The zero-order valence-corrected chi connectivity index (χ0v) is 15.1. The van der Waals surface area contributed by atoms with Crippen LogP contribution in [0.4, 0.5) is 0 Å². The van der Waals surface area contributed by atoms with Crippen molar-refractivity contribution in [1.29, 1.82) is 0 Å². The SMILES string of the molecule is C[C@@H](OC(=O)c1ccc2c(c1)OCO2)C(=O)N[C@H]1CCCc2ccccc21. The third kappa shape index (κ3) is 3.60. The Morgan fingerprint density at radius 2 is 1.96 bits per heavy atom. The van der Waals surface area contributed by atoms with Gasteiger partial charge in [0.25, 0.3) is 5.91 Å². The Kier molecular flexibility index (Phi) is 4.71. The lowest BCUT2D eigenvalue weighted by molar-refractivity contribution is -0.130. The quantitative estimate of drug-likeness (QED) is 0.841. The number of hydrogen-bond donors (Lipinski definition) is 1. The molecule has 1 aliphatic carbocycles. The molecule has 2 aromatic carbocycles. The molecule has 27 heavy (non-hydrogen) atoms. The highest BCUT2D eigenvalue weighted by molar-refractivity contribution is 5.93. The van der Waals surface area contributed by atoms with E-state index in [0.29, 0.717) is 17.1 Å². The minimum atomic E-state index is -0.892. The van der Waals surface area contributed by atoms with Gasteiger partial charge in [-0.15, -0.1) is 0 Å². The summed E-state index contributed by atoms with van der Waals surface area (Å²) in [6.07, 6.45) is 2.04. The van der Waals surface area contributed by atoms with E-state index in [2.05, 4.69) is 11.4 Å². The fraction of sp³-hybridized carbons (Fsp3) is 0.333. The van der Waals surface area contributed by atoms with E-state index < -0.39 is 12.1 Å². The molecule has 0 aromatic heterocycles. The molecule has 2 atom stereocenters. The molecular formula is C21H21NO5. The van der Waals surface area contributed by atoms with Crippen molar-refractivity contribution in [2.45, 2.75) is 38.3 Å². The van der Waals surface area contributed by atoms with Crippen LogP contribution in [0.1, 0.15) is 47.3 Å². The molecule has 4 rings (SSSR count). The molecule has 2 aromatic rings. The molecule has 0 saturated heterocycles. The van der Waals surface area contributed by atoms with Crippen LogP contribution >= 0.6 is 0 Å². The van der Waals surface area contributed by atoms with Gasteiger partial charge in [0.2, 0.25) is 6.79 Å². The molecule has 0 spiro atoms. The third-order valence-electron chi connectivity index (χ3n) is 4.95. The van der Waals surface area contributed by atoms with Crippen molar-refractivity contribution in [3.63, 3.8) is 0 Å². The molecule has 1 amide bonds. The number of carbonyl (C=O) groups excluding carboxylic acids is 2. The predicted molar refractivity (Wildman–Crippen MR) is 97.7 cm³/mol. The second kappa shape index (κ2) is 7.31. The maximum Gasteiger partial charge on any atom is 0.339 e. The lowest BCUT2D eigenvalue weighted by atomic mass is 9.87. The highest BCUT2D eigenvalue weighted by Gasteiger charge is 2.26. The molecule has 0 radical (unpaired) electrons. The van der Waals surface area contributed by atoms with Gasteiger partial charge in [-0.2, -0.15) is 0 Å². The second-order valence-corrected chi connectivity index (χ2v) is 6.77. The topological polar surface area (TPSA) is 73.9 Å². The van der Waals surface area contributed by atoms with E-state index in [1.807, 2.05) is 18.2 Å². The summed E-state index contributed by atoms with van der Waals surface area (Å²) in [5.74, 6) is 0.222. The highest BCUT2D eigenvalue weighted by Crippen LogP contribution is 2.33. The van der Waals surface area contributed by atoms with Crippen LogP contribution < -0.4 is 14.8 Å². The number of carbonyl (C=O) groups is 2. The minimum Gasteiger partial charge on any atom is -0.454 e. The van der Waals surface area contributed by atoms with E-state index >= 15 is 0 Å². The number of fused-ring (bicyclic) bond motifs is 2. The van der Waals surface area contributed by atoms with Crippen molar-refractivity contribution in [2.75, 3.05) is 6.79 Å². The standard InChI is InChI=1S/C21H21NO5/c1-13(27-21(24)15-9-10-18-19(11-15)26-12-25-18)20(23)22-17-8-4-6-14-5-2-3-7-16(14)17/h2-3,5,7,9-11,13,17H,4,6,8,12H2,1H3,(H,22,23)/t13-,17+/m1/s1. The van der Waals surface area contributed by atoms with Gasteiger partial charge >= 0.3 is 5.97 Å². The fourth-order valence-electron chi connectivity index (χ4n) is 3.50. The van der Waals surface area contributed by atoms with Crippen molar-refractivity contribution < 1.29 is 23.8 Å². The van der Waals surface area contributed by atoms with Crippen LogP contribution in [-0.2, 0) is 16.0 Å². The Labute approximate surface area is 157 Å². The monoisotopic (exact) mass is 367 g/mol. The Morgan fingerprint density at radius 3 is 2.85 bits per heavy atom. The van der Waals surface area contributed by atoms with Gasteiger partial charge in [0, 0.05) is 0 Å². The number of aryl methyl sites for hydroxylation is 1. The second-order valence-electron chi connectivity index (χ2n) is 6.77. The maximum atomic E-state index is 12.5. The number of benzene rings is 2. The summed E-state index contributed by atoms with van der Waals surface area (Å²) >= 11 is 0. The minimum absolute atomic E-state index is 0.0471. The molecule has 1 N–H and O–H groups in total. The molecule has 6 heteroatoms. The number of amides is 1. The summed E-state index contributed by atoms with van der Waals surface area (Å²) in [4.78, 5) is 24.9. The molecule has 0 bridgehead atoms. The number of hydrogen-bond acceptors (Lipinski definition) is 5. The number of rotatable bonds is 4. The van der Waals surface area contributed by atoms with Gasteiger partial charge in [-0.25, -0.2) is 4.79 Å². The Morgan fingerprint density at radius 1 is 1.15 bits per heavy atom. The molecule has 0 fully saturated rings. The average molecular weight is 367 g/mol. The summed E-state index contributed by atoms with van der Waals surface area (Å²) in [5, 5.41) is 3.01. The largest absolute Gasteiger partial charge is 0.454 e. The van der Waals surface area contributed by atoms with Crippen LogP contribution in [0.25, 0.3) is 0 Å². The van der Waals surface area contributed by atoms with Crippen LogP contribution in [0.2, 0.25) is 0 Å². The first-order valence-corrected chi connectivity index (χ1v) is 9.10. The van der Waals surface area contributed by atoms with Gasteiger partial charge in [-0.3, -0.25) is 4.79 Å². The Balaban J connectivity index is 1.39. The zero-order chi connectivity index (χ0) is 18.8. The van der Waals surface area contributed by atoms with Gasteiger partial charge in [0.1, 0.15) is 0 Å². The summed E-state index contributed by atoms with van der Waals surface area (Å²) in [6, 6.07) is 12.9. The predicted octanol–water partition coefficient (Wildman–Crippen LogP) is 3.15. The third-order valence-corrected chi connectivity index (χ3v) is 4.95. The van der Waals surface area contributed by atoms with Crippen LogP contribution in [-0.4, -0.2) is 24.8 Å². The first-order valence-electron chi connectivity index (χ1n) is 9.10. The first-order chi connectivity index (χ1) is 13.1. The van der Waals surface area contributed by atoms with Crippen molar-refractivity contribution in [1.82, 2.24) is 5.32 Å². The molecule has 1 aliphatic heterocycles. The molecular weight excluding hydrogens is 346 g/mol. The van der Waals surface area contributed by atoms with Crippen molar-refractivity contribution in [3.8, 4) is 11.5 Å².